The van der Waals surface area contributed by atoms with Gasteiger partial charge in [-0.3, -0.25) is 4.79 Å². The monoisotopic (exact) mass is 342 g/mol. The van der Waals surface area contributed by atoms with E-state index in [2.05, 4.69) is 0 Å². The van der Waals surface area contributed by atoms with E-state index in [-0.39, 0.29) is 17.4 Å². The van der Waals surface area contributed by atoms with Crippen LogP contribution < -0.4 is 4.74 Å². The summed E-state index contributed by atoms with van der Waals surface area (Å²) >= 11 is 0. The lowest BCUT2D eigenvalue weighted by atomic mass is 10.3. The standard InChI is InChI=1S/C16H26N2O4S/c1-5-17(6-2)16(19)13-22-14-9-11-15(12-10-14)23(20,21)18(7-3)8-4/h9-12H,5-8,13H2,1-4H3. The van der Waals surface area contributed by atoms with Gasteiger partial charge in [-0.25, -0.2) is 8.42 Å². The van der Waals surface area contributed by atoms with Gasteiger partial charge in [0.1, 0.15) is 5.75 Å². The molecule has 0 atom stereocenters. The Bertz CT molecular complexity index is 591. The number of hydrogen-bond acceptors (Lipinski definition) is 4. The molecule has 0 aliphatic heterocycles. The summed E-state index contributed by atoms with van der Waals surface area (Å²) < 4.78 is 31.6. The van der Waals surface area contributed by atoms with Crippen LogP contribution >= 0.6 is 0 Å². The Morgan fingerprint density at radius 2 is 1.48 bits per heavy atom. The van der Waals surface area contributed by atoms with E-state index in [9.17, 15) is 13.2 Å². The summed E-state index contributed by atoms with van der Waals surface area (Å²) in [6, 6.07) is 6.16. The molecule has 7 heteroatoms. The number of benzene rings is 1. The first-order valence-electron chi connectivity index (χ1n) is 7.91. The van der Waals surface area contributed by atoms with Crippen molar-refractivity contribution in [1.82, 2.24) is 9.21 Å². The molecule has 6 nitrogen and oxygen atoms in total. The molecule has 0 heterocycles. The van der Waals surface area contributed by atoms with Crippen molar-refractivity contribution in [3.05, 3.63) is 24.3 Å². The van der Waals surface area contributed by atoms with Crippen molar-refractivity contribution in [2.45, 2.75) is 32.6 Å². The van der Waals surface area contributed by atoms with Gasteiger partial charge in [-0.2, -0.15) is 4.31 Å². The van der Waals surface area contributed by atoms with Crippen LogP contribution in [0.25, 0.3) is 0 Å². The molecule has 0 aliphatic rings. The first-order chi connectivity index (χ1) is 10.9. The Balaban J connectivity index is 2.76. The second-order valence-corrected chi connectivity index (χ2v) is 6.85. The second-order valence-electron chi connectivity index (χ2n) is 4.92. The number of rotatable bonds is 9. The highest BCUT2D eigenvalue weighted by molar-refractivity contribution is 7.89. The number of likely N-dealkylation sites (N-methyl/N-ethyl adjacent to an activating group) is 1. The normalized spacial score (nSPS) is 11.5. The first-order valence-corrected chi connectivity index (χ1v) is 9.35. The third kappa shape index (κ3) is 4.94. The van der Waals surface area contributed by atoms with Crippen LogP contribution in [0.4, 0.5) is 0 Å². The zero-order valence-corrected chi connectivity index (χ0v) is 15.1. The molecule has 0 bridgehead atoms. The molecule has 0 radical (unpaired) electrons. The fourth-order valence-electron chi connectivity index (χ4n) is 2.23. The molecule has 0 fully saturated rings. The molecular weight excluding hydrogens is 316 g/mol. The topological polar surface area (TPSA) is 66.9 Å². The summed E-state index contributed by atoms with van der Waals surface area (Å²) in [4.78, 5) is 13.8. The number of nitrogens with zero attached hydrogens (tertiary/aromatic N) is 2. The zero-order chi connectivity index (χ0) is 17.5. The minimum absolute atomic E-state index is 0.0518. The molecule has 0 spiro atoms. The second kappa shape index (κ2) is 8.88. The highest BCUT2D eigenvalue weighted by Gasteiger charge is 2.21. The summed E-state index contributed by atoms with van der Waals surface area (Å²) in [6.45, 7) is 9.51. The van der Waals surface area contributed by atoms with Crippen molar-refractivity contribution in [2.24, 2.45) is 0 Å². The number of carbonyl (C=O) groups is 1. The zero-order valence-electron chi connectivity index (χ0n) is 14.3. The highest BCUT2D eigenvalue weighted by atomic mass is 32.2. The number of ether oxygens (including phenoxy) is 1. The lowest BCUT2D eigenvalue weighted by molar-refractivity contribution is -0.132. The third-order valence-electron chi connectivity index (χ3n) is 3.65. The van der Waals surface area contributed by atoms with Crippen LogP contribution in [0, 0.1) is 0 Å². The van der Waals surface area contributed by atoms with Gasteiger partial charge in [-0.15, -0.1) is 0 Å². The SMILES string of the molecule is CCN(CC)C(=O)COc1ccc(S(=O)(=O)N(CC)CC)cc1. The molecule has 130 valence electrons. The van der Waals surface area contributed by atoms with Crippen molar-refractivity contribution in [2.75, 3.05) is 32.8 Å². The van der Waals surface area contributed by atoms with Gasteiger partial charge >= 0.3 is 0 Å². The molecule has 1 aromatic carbocycles. The predicted octanol–water partition coefficient (Wildman–Crippen LogP) is 1.96. The van der Waals surface area contributed by atoms with Gasteiger partial charge in [0.25, 0.3) is 5.91 Å². The van der Waals surface area contributed by atoms with Crippen LogP contribution in [0.3, 0.4) is 0 Å². The molecule has 23 heavy (non-hydrogen) atoms. The first kappa shape index (κ1) is 19.4. The Morgan fingerprint density at radius 3 is 1.91 bits per heavy atom. The van der Waals surface area contributed by atoms with E-state index in [0.29, 0.717) is 31.9 Å². The van der Waals surface area contributed by atoms with E-state index in [1.165, 1.54) is 16.4 Å². The van der Waals surface area contributed by atoms with Crippen LogP contribution in [0.2, 0.25) is 0 Å². The molecule has 0 N–H and O–H groups in total. The molecule has 0 saturated heterocycles. The quantitative estimate of drug-likeness (QED) is 0.688. The Kier molecular flexibility index (Phi) is 7.51. The van der Waals surface area contributed by atoms with Crippen molar-refractivity contribution in [3.8, 4) is 5.75 Å². The summed E-state index contributed by atoms with van der Waals surface area (Å²) in [5.74, 6) is 0.388. The van der Waals surface area contributed by atoms with Crippen LogP contribution in [-0.2, 0) is 14.8 Å². The molecular formula is C16H26N2O4S. The van der Waals surface area contributed by atoms with Gasteiger partial charge in [0.15, 0.2) is 6.61 Å². The summed E-state index contributed by atoms with van der Waals surface area (Å²) in [5.41, 5.74) is 0. The van der Waals surface area contributed by atoms with Gasteiger partial charge < -0.3 is 9.64 Å². The lowest BCUT2D eigenvalue weighted by Gasteiger charge is -2.19. The van der Waals surface area contributed by atoms with Crippen LogP contribution in [0.1, 0.15) is 27.7 Å². The fraction of sp³-hybridized carbons (Fsp3) is 0.562. The van der Waals surface area contributed by atoms with E-state index in [1.807, 2.05) is 13.8 Å². The molecule has 0 aliphatic carbocycles. The Hall–Kier alpha value is -1.60. The Morgan fingerprint density at radius 1 is 0.957 bits per heavy atom. The van der Waals surface area contributed by atoms with E-state index in [0.717, 1.165) is 0 Å². The maximum Gasteiger partial charge on any atom is 0.260 e. The number of hydrogen-bond donors (Lipinski definition) is 0. The van der Waals surface area contributed by atoms with Crippen molar-refractivity contribution in [3.63, 3.8) is 0 Å². The lowest BCUT2D eigenvalue weighted by Crippen LogP contribution is -2.34. The number of carbonyl (C=O) groups excluding carboxylic acids is 1. The summed E-state index contributed by atoms with van der Waals surface area (Å²) in [5, 5.41) is 0. The minimum atomic E-state index is -3.47. The molecule has 1 aromatic rings. The fourth-order valence-corrected chi connectivity index (χ4v) is 3.69. The Labute approximate surface area is 139 Å². The molecule has 0 unspecified atom stereocenters. The predicted molar refractivity (Wildman–Crippen MR) is 90.0 cm³/mol. The van der Waals surface area contributed by atoms with E-state index < -0.39 is 10.0 Å². The van der Waals surface area contributed by atoms with Crippen molar-refractivity contribution in [1.29, 1.82) is 0 Å². The van der Waals surface area contributed by atoms with Gasteiger partial charge in [0, 0.05) is 26.2 Å². The van der Waals surface area contributed by atoms with Crippen LogP contribution in [0.5, 0.6) is 5.75 Å². The third-order valence-corrected chi connectivity index (χ3v) is 5.71. The molecule has 0 saturated carbocycles. The van der Waals surface area contributed by atoms with E-state index in [1.54, 1.807) is 30.9 Å². The van der Waals surface area contributed by atoms with Gasteiger partial charge in [0.2, 0.25) is 10.0 Å². The maximum atomic E-state index is 12.4. The average molecular weight is 342 g/mol. The highest BCUT2D eigenvalue weighted by Crippen LogP contribution is 2.19. The maximum absolute atomic E-state index is 12.4. The van der Waals surface area contributed by atoms with Crippen molar-refractivity contribution < 1.29 is 17.9 Å². The molecule has 0 aromatic heterocycles. The summed E-state index contributed by atoms with van der Waals surface area (Å²) in [7, 11) is -3.47. The largest absolute Gasteiger partial charge is 0.484 e. The number of sulfonamides is 1. The number of amides is 1. The van der Waals surface area contributed by atoms with Gasteiger partial charge in [-0.1, -0.05) is 13.8 Å². The van der Waals surface area contributed by atoms with Crippen molar-refractivity contribution >= 4 is 15.9 Å². The molecule has 1 amide bonds. The van der Waals surface area contributed by atoms with Crippen LogP contribution in [0.15, 0.2) is 29.2 Å². The molecule has 1 rings (SSSR count). The van der Waals surface area contributed by atoms with Gasteiger partial charge in [-0.05, 0) is 38.1 Å². The van der Waals surface area contributed by atoms with E-state index >= 15 is 0 Å². The van der Waals surface area contributed by atoms with Crippen LogP contribution in [-0.4, -0.2) is 56.3 Å². The smallest absolute Gasteiger partial charge is 0.260 e. The average Bonchev–Trinajstić information content (AvgIpc) is 2.55. The minimum Gasteiger partial charge on any atom is -0.484 e. The summed E-state index contributed by atoms with van der Waals surface area (Å²) in [6.07, 6.45) is 0. The van der Waals surface area contributed by atoms with Gasteiger partial charge in [0.05, 0.1) is 4.90 Å². The van der Waals surface area contributed by atoms with E-state index in [4.69, 9.17) is 4.74 Å².